The fourth-order valence-electron chi connectivity index (χ4n) is 3.83. The molecular weight excluding hydrogens is 488 g/mol. The van der Waals surface area contributed by atoms with Crippen LogP contribution in [0.4, 0.5) is 0 Å². The van der Waals surface area contributed by atoms with E-state index in [0.717, 1.165) is 0 Å². The number of carboxylic acids is 1. The molecule has 3 amide bonds. The van der Waals surface area contributed by atoms with E-state index in [1.165, 1.54) is 11.8 Å². The number of guanidine groups is 2. The minimum atomic E-state index is -1.53. The first-order valence-electron chi connectivity index (χ1n) is 12.0. The molecule has 0 aromatic heterocycles. The second kappa shape index (κ2) is 15.5. The number of nitrogens with two attached hydrogens (primary N) is 5. The maximum absolute atomic E-state index is 13.4. The fourth-order valence-corrected chi connectivity index (χ4v) is 3.83. The summed E-state index contributed by atoms with van der Waals surface area (Å²) in [6.07, 6.45) is 0.668. The maximum atomic E-state index is 13.4. The predicted octanol–water partition coefficient (Wildman–Crippen LogP) is -4.15. The zero-order valence-electron chi connectivity index (χ0n) is 21.0. The van der Waals surface area contributed by atoms with Gasteiger partial charge >= 0.3 is 5.97 Å². The molecule has 14 N–H and O–H groups in total. The molecule has 1 fully saturated rings. The van der Waals surface area contributed by atoms with Crippen LogP contribution in [-0.4, -0.2) is 101 Å². The van der Waals surface area contributed by atoms with Crippen LogP contribution < -0.4 is 39.3 Å². The molecule has 0 radical (unpaired) electrons. The van der Waals surface area contributed by atoms with Crippen molar-refractivity contribution in [1.29, 1.82) is 0 Å². The first-order chi connectivity index (χ1) is 17.3. The van der Waals surface area contributed by atoms with Crippen molar-refractivity contribution in [2.24, 2.45) is 38.7 Å². The van der Waals surface area contributed by atoms with Crippen molar-refractivity contribution < 1.29 is 29.4 Å². The van der Waals surface area contributed by atoms with E-state index >= 15 is 0 Å². The number of nitrogens with one attached hydrogen (secondary N) is 2. The fraction of sp³-hybridized carbons (Fsp3) is 0.714. The molecule has 0 spiro atoms. The Morgan fingerprint density at radius 1 is 1.00 bits per heavy atom. The highest BCUT2D eigenvalue weighted by Crippen LogP contribution is 2.20. The Labute approximate surface area is 215 Å². The molecule has 1 heterocycles. The van der Waals surface area contributed by atoms with E-state index in [1.807, 2.05) is 0 Å². The van der Waals surface area contributed by atoms with Crippen LogP contribution in [0.5, 0.6) is 0 Å². The van der Waals surface area contributed by atoms with Crippen molar-refractivity contribution in [2.45, 2.75) is 75.7 Å². The summed E-state index contributed by atoms with van der Waals surface area (Å²) in [6, 6.07) is -4.44. The Bertz CT molecular complexity index is 857. The van der Waals surface area contributed by atoms with Crippen molar-refractivity contribution >= 4 is 35.6 Å². The Kier molecular flexibility index (Phi) is 13.1. The van der Waals surface area contributed by atoms with Gasteiger partial charge in [-0.25, -0.2) is 4.79 Å². The van der Waals surface area contributed by atoms with E-state index in [9.17, 15) is 29.4 Å². The van der Waals surface area contributed by atoms with Gasteiger partial charge in [-0.1, -0.05) is 0 Å². The predicted molar refractivity (Wildman–Crippen MR) is 136 cm³/mol. The van der Waals surface area contributed by atoms with E-state index in [4.69, 9.17) is 28.7 Å². The average molecular weight is 529 g/mol. The van der Waals surface area contributed by atoms with Gasteiger partial charge in [0.25, 0.3) is 0 Å². The molecule has 0 aromatic rings. The van der Waals surface area contributed by atoms with Gasteiger partial charge in [0.2, 0.25) is 17.7 Å². The molecule has 0 aromatic carbocycles. The highest BCUT2D eigenvalue weighted by atomic mass is 16.4. The minimum absolute atomic E-state index is 0.0724. The molecule has 1 saturated heterocycles. The SMILES string of the molecule is CC(O)C(NC(=O)C1CCCN1C(=O)C(CCCN=C(N)N)NC(=O)C(N)CCCN=C(N)N)C(=O)O. The van der Waals surface area contributed by atoms with E-state index in [2.05, 4.69) is 20.6 Å². The topological polar surface area (TPSA) is 291 Å². The monoisotopic (exact) mass is 528 g/mol. The third-order valence-corrected chi connectivity index (χ3v) is 5.75. The molecule has 16 heteroatoms. The number of aliphatic hydroxyl groups is 1. The molecule has 210 valence electrons. The Hall–Kier alpha value is -3.66. The number of carbonyl (C=O) groups is 4. The smallest absolute Gasteiger partial charge is 0.328 e. The summed E-state index contributed by atoms with van der Waals surface area (Å²) in [5.74, 6) is -3.38. The average Bonchev–Trinajstić information content (AvgIpc) is 3.30. The molecule has 37 heavy (non-hydrogen) atoms. The largest absolute Gasteiger partial charge is 0.480 e. The third-order valence-electron chi connectivity index (χ3n) is 5.75. The van der Waals surface area contributed by atoms with Gasteiger partial charge in [0.1, 0.15) is 12.1 Å². The van der Waals surface area contributed by atoms with Gasteiger partial charge in [-0.2, -0.15) is 0 Å². The van der Waals surface area contributed by atoms with Crippen LogP contribution in [0.1, 0.15) is 45.4 Å². The van der Waals surface area contributed by atoms with Crippen molar-refractivity contribution in [3.8, 4) is 0 Å². The van der Waals surface area contributed by atoms with Crippen LogP contribution in [0.2, 0.25) is 0 Å². The standard InChI is InChI=1S/C21H40N10O6/c1-11(32)15(19(36)37)30-17(34)14-7-4-10-31(14)18(35)13(6-3-9-28-21(25)26)29-16(33)12(22)5-2-8-27-20(23)24/h11-15,32H,2-10,22H2,1H3,(H,29,33)(H,30,34)(H,36,37)(H4,23,24,27)(H4,25,26,28). The van der Waals surface area contributed by atoms with Gasteiger partial charge in [0.15, 0.2) is 18.0 Å². The number of aliphatic carboxylic acids is 1. The van der Waals surface area contributed by atoms with Gasteiger partial charge in [0.05, 0.1) is 12.1 Å². The van der Waals surface area contributed by atoms with Gasteiger partial charge in [-0.3, -0.25) is 24.4 Å². The molecule has 1 aliphatic rings. The summed E-state index contributed by atoms with van der Waals surface area (Å²) < 4.78 is 0. The lowest BCUT2D eigenvalue weighted by atomic mass is 10.1. The Morgan fingerprint density at radius 3 is 2.08 bits per heavy atom. The lowest BCUT2D eigenvalue weighted by molar-refractivity contribution is -0.147. The number of carbonyl (C=O) groups excluding carboxylic acids is 3. The molecule has 0 aliphatic carbocycles. The number of carboxylic acid groups (broad SMARTS) is 1. The second-order valence-electron chi connectivity index (χ2n) is 8.82. The molecule has 5 unspecified atom stereocenters. The van der Waals surface area contributed by atoms with Gasteiger partial charge in [0, 0.05) is 19.6 Å². The highest BCUT2D eigenvalue weighted by Gasteiger charge is 2.39. The van der Waals surface area contributed by atoms with E-state index in [0.29, 0.717) is 32.2 Å². The zero-order chi connectivity index (χ0) is 28.1. The maximum Gasteiger partial charge on any atom is 0.328 e. The van der Waals surface area contributed by atoms with Crippen LogP contribution in [-0.2, 0) is 19.2 Å². The van der Waals surface area contributed by atoms with Crippen LogP contribution in [0, 0.1) is 0 Å². The molecule has 0 saturated carbocycles. The van der Waals surface area contributed by atoms with Gasteiger partial charge < -0.3 is 54.4 Å². The van der Waals surface area contributed by atoms with E-state index in [-0.39, 0.29) is 37.9 Å². The number of nitrogens with zero attached hydrogens (tertiary/aromatic N) is 3. The summed E-state index contributed by atoms with van der Waals surface area (Å²) in [5.41, 5.74) is 27.2. The molecule has 1 rings (SSSR count). The van der Waals surface area contributed by atoms with Gasteiger partial charge in [-0.15, -0.1) is 0 Å². The van der Waals surface area contributed by atoms with Gasteiger partial charge in [-0.05, 0) is 45.4 Å². The van der Waals surface area contributed by atoms with Crippen molar-refractivity contribution in [3.05, 3.63) is 0 Å². The highest BCUT2D eigenvalue weighted by molar-refractivity contribution is 5.94. The number of hydrogen-bond acceptors (Lipinski definition) is 8. The van der Waals surface area contributed by atoms with Crippen molar-refractivity contribution in [2.75, 3.05) is 19.6 Å². The summed E-state index contributed by atoms with van der Waals surface area (Å²) in [4.78, 5) is 59.3. The Balaban J connectivity index is 2.94. The molecule has 16 nitrogen and oxygen atoms in total. The second-order valence-corrected chi connectivity index (χ2v) is 8.82. The zero-order valence-corrected chi connectivity index (χ0v) is 21.0. The number of aliphatic hydroxyl groups excluding tert-OH is 1. The van der Waals surface area contributed by atoms with E-state index in [1.54, 1.807) is 0 Å². The van der Waals surface area contributed by atoms with Crippen LogP contribution in [0.15, 0.2) is 9.98 Å². The van der Waals surface area contributed by atoms with Crippen molar-refractivity contribution in [1.82, 2.24) is 15.5 Å². The quantitative estimate of drug-likeness (QED) is 0.0558. The molecular formula is C21H40N10O6. The van der Waals surface area contributed by atoms with Crippen LogP contribution in [0.3, 0.4) is 0 Å². The Morgan fingerprint density at radius 2 is 1.57 bits per heavy atom. The third kappa shape index (κ3) is 10.9. The summed E-state index contributed by atoms with van der Waals surface area (Å²) in [5, 5.41) is 23.8. The number of likely N-dealkylation sites (tertiary alicyclic amines) is 1. The first kappa shape index (κ1) is 31.4. The molecule has 1 aliphatic heterocycles. The first-order valence-corrected chi connectivity index (χ1v) is 12.0. The minimum Gasteiger partial charge on any atom is -0.480 e. The number of amides is 3. The lowest BCUT2D eigenvalue weighted by Crippen LogP contribution is -2.57. The van der Waals surface area contributed by atoms with Crippen LogP contribution >= 0.6 is 0 Å². The summed E-state index contributed by atoms with van der Waals surface area (Å²) >= 11 is 0. The number of aliphatic imine (C=N–C) groups is 2. The molecule has 5 atom stereocenters. The summed E-state index contributed by atoms with van der Waals surface area (Å²) in [6.45, 7) is 1.97. The van der Waals surface area contributed by atoms with Crippen molar-refractivity contribution in [3.63, 3.8) is 0 Å². The summed E-state index contributed by atoms with van der Waals surface area (Å²) in [7, 11) is 0. The lowest BCUT2D eigenvalue weighted by Gasteiger charge is -2.30. The molecule has 0 bridgehead atoms. The van der Waals surface area contributed by atoms with Crippen LogP contribution in [0.25, 0.3) is 0 Å². The normalized spacial score (nSPS) is 18.1. The number of rotatable bonds is 15. The number of hydrogen-bond donors (Lipinski definition) is 9. The van der Waals surface area contributed by atoms with E-state index < -0.39 is 54.0 Å².